The summed E-state index contributed by atoms with van der Waals surface area (Å²) in [6, 6.07) is 1.50. The second-order valence-electron chi connectivity index (χ2n) is 4.32. The highest BCUT2D eigenvalue weighted by molar-refractivity contribution is 7.12. The molecule has 19 heavy (non-hydrogen) atoms. The van der Waals surface area contributed by atoms with Crippen molar-refractivity contribution in [3.05, 3.63) is 21.9 Å². The third-order valence-electron chi connectivity index (χ3n) is 3.12. The van der Waals surface area contributed by atoms with Crippen LogP contribution in [0.5, 0.6) is 0 Å². The van der Waals surface area contributed by atoms with E-state index in [0.29, 0.717) is 17.0 Å². The number of nitrogens with two attached hydrogens (primary N) is 2. The summed E-state index contributed by atoms with van der Waals surface area (Å²) in [5.41, 5.74) is 11.2. The SMILES string of the molecule is CCC(N)(CC)CNC(=O)c1cc(C(N)=O)cs1.Cl. The normalized spacial score (nSPS) is 10.7. The van der Waals surface area contributed by atoms with E-state index in [1.165, 1.54) is 17.4 Å². The number of carbonyl (C=O) groups excluding carboxylic acids is 2. The molecule has 0 spiro atoms. The van der Waals surface area contributed by atoms with Crippen LogP contribution in [0.25, 0.3) is 0 Å². The van der Waals surface area contributed by atoms with Gasteiger partial charge in [-0.3, -0.25) is 9.59 Å². The number of thiophene rings is 1. The monoisotopic (exact) mass is 305 g/mol. The number of amides is 2. The lowest BCUT2D eigenvalue weighted by molar-refractivity contribution is 0.0946. The first-order chi connectivity index (χ1) is 8.41. The van der Waals surface area contributed by atoms with Gasteiger partial charge in [-0.25, -0.2) is 0 Å². The summed E-state index contributed by atoms with van der Waals surface area (Å²) in [6.45, 7) is 4.40. The Morgan fingerprint density at radius 3 is 2.37 bits per heavy atom. The summed E-state index contributed by atoms with van der Waals surface area (Å²) in [6.07, 6.45) is 1.58. The van der Waals surface area contributed by atoms with E-state index in [2.05, 4.69) is 5.32 Å². The van der Waals surface area contributed by atoms with E-state index >= 15 is 0 Å². The summed E-state index contributed by atoms with van der Waals surface area (Å²) >= 11 is 1.20. The van der Waals surface area contributed by atoms with Crippen LogP contribution in [0.3, 0.4) is 0 Å². The van der Waals surface area contributed by atoms with Crippen LogP contribution < -0.4 is 16.8 Å². The standard InChI is InChI=1S/C12H19N3O2S.ClH/c1-3-12(14,4-2)7-15-11(17)9-5-8(6-18-9)10(13)16;/h5-6H,3-4,7,14H2,1-2H3,(H2,13,16)(H,15,17);1H. The van der Waals surface area contributed by atoms with E-state index in [1.54, 1.807) is 5.38 Å². The molecule has 0 saturated carbocycles. The van der Waals surface area contributed by atoms with Gasteiger partial charge in [-0.1, -0.05) is 13.8 Å². The van der Waals surface area contributed by atoms with Crippen LogP contribution in [0.4, 0.5) is 0 Å². The molecule has 5 nitrogen and oxygen atoms in total. The van der Waals surface area contributed by atoms with Crippen molar-refractivity contribution in [3.63, 3.8) is 0 Å². The third-order valence-corrected chi connectivity index (χ3v) is 4.05. The van der Waals surface area contributed by atoms with Crippen molar-refractivity contribution in [2.45, 2.75) is 32.2 Å². The second kappa shape index (κ2) is 7.47. The zero-order valence-corrected chi connectivity index (χ0v) is 12.7. The van der Waals surface area contributed by atoms with Gasteiger partial charge in [0, 0.05) is 17.5 Å². The minimum atomic E-state index is -0.527. The minimum absolute atomic E-state index is 0. The zero-order valence-electron chi connectivity index (χ0n) is 11.1. The molecule has 1 rings (SSSR count). The molecule has 1 heterocycles. The Morgan fingerprint density at radius 2 is 1.95 bits per heavy atom. The highest BCUT2D eigenvalue weighted by Gasteiger charge is 2.21. The second-order valence-corrected chi connectivity index (χ2v) is 5.23. The van der Waals surface area contributed by atoms with Crippen molar-refractivity contribution in [1.82, 2.24) is 5.32 Å². The molecule has 0 aliphatic carbocycles. The fourth-order valence-electron chi connectivity index (χ4n) is 1.43. The number of halogens is 1. The molecule has 2 amide bonds. The number of hydrogen-bond donors (Lipinski definition) is 3. The van der Waals surface area contributed by atoms with Crippen LogP contribution in [0.1, 0.15) is 46.7 Å². The average Bonchev–Trinajstić information content (AvgIpc) is 2.85. The van der Waals surface area contributed by atoms with E-state index in [9.17, 15) is 9.59 Å². The highest BCUT2D eigenvalue weighted by Crippen LogP contribution is 2.15. The van der Waals surface area contributed by atoms with E-state index in [-0.39, 0.29) is 23.9 Å². The van der Waals surface area contributed by atoms with Gasteiger partial charge >= 0.3 is 0 Å². The number of carbonyl (C=O) groups is 2. The Balaban J connectivity index is 0.00000324. The van der Waals surface area contributed by atoms with Crippen molar-refractivity contribution in [3.8, 4) is 0 Å². The Hall–Kier alpha value is -1.11. The van der Waals surface area contributed by atoms with Gasteiger partial charge in [0.2, 0.25) is 5.91 Å². The quantitative estimate of drug-likeness (QED) is 0.743. The van der Waals surface area contributed by atoms with Gasteiger partial charge in [0.15, 0.2) is 0 Å². The molecule has 0 radical (unpaired) electrons. The molecule has 0 aromatic carbocycles. The van der Waals surface area contributed by atoms with Crippen molar-refractivity contribution in [2.24, 2.45) is 11.5 Å². The Labute approximate surface area is 123 Å². The fourth-order valence-corrected chi connectivity index (χ4v) is 2.24. The van der Waals surface area contributed by atoms with Crippen molar-refractivity contribution in [1.29, 1.82) is 0 Å². The molecular formula is C12H20ClN3O2S. The smallest absolute Gasteiger partial charge is 0.261 e. The maximum atomic E-state index is 11.9. The van der Waals surface area contributed by atoms with Crippen LogP contribution in [-0.2, 0) is 0 Å². The minimum Gasteiger partial charge on any atom is -0.366 e. The predicted molar refractivity (Wildman–Crippen MR) is 79.9 cm³/mol. The summed E-state index contributed by atoms with van der Waals surface area (Å²) < 4.78 is 0. The Bertz CT molecular complexity index is 444. The molecule has 1 aromatic rings. The molecule has 0 aliphatic heterocycles. The molecule has 0 bridgehead atoms. The number of primary amides is 1. The van der Waals surface area contributed by atoms with Gasteiger partial charge in [0.05, 0.1) is 10.4 Å². The van der Waals surface area contributed by atoms with Crippen LogP contribution in [-0.4, -0.2) is 23.9 Å². The molecule has 0 saturated heterocycles. The average molecular weight is 306 g/mol. The summed E-state index contributed by atoms with van der Waals surface area (Å²) in [7, 11) is 0. The molecule has 7 heteroatoms. The first kappa shape index (κ1) is 17.9. The third kappa shape index (κ3) is 4.81. The van der Waals surface area contributed by atoms with Gasteiger partial charge in [0.1, 0.15) is 0 Å². The molecule has 5 N–H and O–H groups in total. The molecule has 0 aliphatic rings. The molecule has 0 unspecified atom stereocenters. The Kier molecular flexibility index (Phi) is 7.04. The lowest BCUT2D eigenvalue weighted by atomic mass is 9.94. The largest absolute Gasteiger partial charge is 0.366 e. The fraction of sp³-hybridized carbons (Fsp3) is 0.500. The maximum Gasteiger partial charge on any atom is 0.261 e. The first-order valence-electron chi connectivity index (χ1n) is 5.87. The molecule has 1 aromatic heterocycles. The van der Waals surface area contributed by atoms with Gasteiger partial charge in [-0.15, -0.1) is 23.7 Å². The molecule has 108 valence electrons. The van der Waals surface area contributed by atoms with Crippen LogP contribution in [0, 0.1) is 0 Å². The zero-order chi connectivity index (χ0) is 13.8. The molecule has 0 fully saturated rings. The number of hydrogen-bond acceptors (Lipinski definition) is 4. The van der Waals surface area contributed by atoms with Crippen molar-refractivity contribution < 1.29 is 9.59 Å². The first-order valence-corrected chi connectivity index (χ1v) is 6.75. The topological polar surface area (TPSA) is 98.2 Å². The van der Waals surface area contributed by atoms with E-state index in [1.807, 2.05) is 13.8 Å². The van der Waals surface area contributed by atoms with E-state index < -0.39 is 5.91 Å². The van der Waals surface area contributed by atoms with Gasteiger partial charge in [0.25, 0.3) is 5.91 Å². The molecule has 0 atom stereocenters. The van der Waals surface area contributed by atoms with Crippen LogP contribution >= 0.6 is 23.7 Å². The van der Waals surface area contributed by atoms with Crippen molar-refractivity contribution >= 4 is 35.6 Å². The summed E-state index contributed by atoms with van der Waals surface area (Å²) in [5, 5.41) is 4.36. The summed E-state index contributed by atoms with van der Waals surface area (Å²) in [4.78, 5) is 23.2. The summed E-state index contributed by atoms with van der Waals surface area (Å²) in [5.74, 6) is -0.746. The highest BCUT2D eigenvalue weighted by atomic mass is 35.5. The van der Waals surface area contributed by atoms with Gasteiger partial charge in [-0.05, 0) is 18.9 Å². The van der Waals surface area contributed by atoms with Crippen LogP contribution in [0.2, 0.25) is 0 Å². The van der Waals surface area contributed by atoms with E-state index in [4.69, 9.17) is 11.5 Å². The predicted octanol–water partition coefficient (Wildman–Crippen LogP) is 1.52. The van der Waals surface area contributed by atoms with Gasteiger partial charge in [-0.2, -0.15) is 0 Å². The number of rotatable bonds is 6. The maximum absolute atomic E-state index is 11.9. The van der Waals surface area contributed by atoms with E-state index in [0.717, 1.165) is 12.8 Å². The van der Waals surface area contributed by atoms with Crippen molar-refractivity contribution in [2.75, 3.05) is 6.54 Å². The Morgan fingerprint density at radius 1 is 1.37 bits per heavy atom. The molecular weight excluding hydrogens is 286 g/mol. The van der Waals surface area contributed by atoms with Crippen LogP contribution in [0.15, 0.2) is 11.4 Å². The van der Waals surface area contributed by atoms with Gasteiger partial charge < -0.3 is 16.8 Å². The number of nitrogens with one attached hydrogen (secondary N) is 1. The lowest BCUT2D eigenvalue weighted by Gasteiger charge is -2.26. The lowest BCUT2D eigenvalue weighted by Crippen LogP contribution is -2.49.